The van der Waals surface area contributed by atoms with Gasteiger partial charge in [-0.05, 0) is 43.7 Å². The molecule has 1 aromatic carbocycles. The molecule has 0 bridgehead atoms. The van der Waals surface area contributed by atoms with Crippen molar-refractivity contribution in [1.82, 2.24) is 9.97 Å². The number of anilines is 1. The molecule has 25 heavy (non-hydrogen) atoms. The predicted octanol–water partition coefficient (Wildman–Crippen LogP) is 3.84. The van der Waals surface area contributed by atoms with E-state index in [4.69, 9.17) is 16.3 Å². The molecule has 0 saturated carbocycles. The summed E-state index contributed by atoms with van der Waals surface area (Å²) in [4.78, 5) is 32.4. The molecule has 6 nitrogen and oxygen atoms in total. The third-order valence-electron chi connectivity index (χ3n) is 3.39. The number of nitrogens with zero attached hydrogens (tertiary/aromatic N) is 2. The van der Waals surface area contributed by atoms with E-state index >= 15 is 0 Å². The first-order valence-electron chi connectivity index (χ1n) is 7.43. The van der Waals surface area contributed by atoms with Gasteiger partial charge in [0.2, 0.25) is 0 Å². The molecule has 3 rings (SSSR count). The molecule has 8 heteroatoms. The number of hydrogen-bond acceptors (Lipinski definition) is 6. The number of carbonyl (C=O) groups is 2. The van der Waals surface area contributed by atoms with E-state index in [0.717, 1.165) is 15.8 Å². The zero-order chi connectivity index (χ0) is 18.0. The molecule has 128 valence electrons. The molecular weight excluding hydrogens is 362 g/mol. The van der Waals surface area contributed by atoms with Crippen LogP contribution in [0.5, 0.6) is 0 Å². The van der Waals surface area contributed by atoms with Gasteiger partial charge in [0.05, 0.1) is 15.8 Å². The highest BCUT2D eigenvalue weighted by Crippen LogP contribution is 2.26. The molecular formula is C17H14ClN3O3S. The summed E-state index contributed by atoms with van der Waals surface area (Å²) in [5.41, 5.74) is 2.16. The lowest BCUT2D eigenvalue weighted by molar-refractivity contribution is -0.123. The van der Waals surface area contributed by atoms with Crippen LogP contribution in [-0.4, -0.2) is 27.9 Å². The molecule has 0 aliphatic carbocycles. The Morgan fingerprint density at radius 3 is 2.84 bits per heavy atom. The van der Waals surface area contributed by atoms with Crippen molar-refractivity contribution in [3.8, 4) is 0 Å². The number of carbonyl (C=O) groups excluding carboxylic acids is 2. The molecule has 0 saturated heterocycles. The van der Waals surface area contributed by atoms with Crippen molar-refractivity contribution >= 4 is 50.2 Å². The Kier molecular flexibility index (Phi) is 4.96. The highest BCUT2D eigenvalue weighted by molar-refractivity contribution is 7.22. The van der Waals surface area contributed by atoms with Crippen molar-refractivity contribution in [3.63, 3.8) is 0 Å². The van der Waals surface area contributed by atoms with Crippen LogP contribution in [0.1, 0.15) is 22.8 Å². The van der Waals surface area contributed by atoms with Crippen LogP contribution in [0, 0.1) is 6.92 Å². The standard InChI is InChI=1S/C17H14ClN3O3S/c1-9-3-4-12-13(7-9)25-17(20-12)21-15(22)10(2)24-16(23)11-5-6-19-14(18)8-11/h3-8,10H,1-2H3,(H,20,21,22). The lowest BCUT2D eigenvalue weighted by atomic mass is 10.2. The van der Waals surface area contributed by atoms with E-state index in [1.807, 2.05) is 25.1 Å². The maximum Gasteiger partial charge on any atom is 0.339 e. The van der Waals surface area contributed by atoms with E-state index in [-0.39, 0.29) is 10.7 Å². The van der Waals surface area contributed by atoms with E-state index < -0.39 is 18.0 Å². The topological polar surface area (TPSA) is 81.2 Å². The van der Waals surface area contributed by atoms with Gasteiger partial charge in [-0.1, -0.05) is 29.0 Å². The molecule has 0 radical (unpaired) electrons. The van der Waals surface area contributed by atoms with Crippen LogP contribution in [0.3, 0.4) is 0 Å². The van der Waals surface area contributed by atoms with Crippen LogP contribution in [0.25, 0.3) is 10.2 Å². The summed E-state index contributed by atoms with van der Waals surface area (Å²) in [6.45, 7) is 3.48. The Balaban J connectivity index is 1.66. The third kappa shape index (κ3) is 4.12. The summed E-state index contributed by atoms with van der Waals surface area (Å²) in [6, 6.07) is 8.70. The number of aryl methyl sites for hydroxylation is 1. The molecule has 1 N–H and O–H groups in total. The second-order valence-corrected chi connectivity index (χ2v) is 6.81. The molecule has 1 unspecified atom stereocenters. The van der Waals surface area contributed by atoms with E-state index in [1.165, 1.54) is 36.6 Å². The van der Waals surface area contributed by atoms with Crippen molar-refractivity contribution in [3.05, 3.63) is 52.8 Å². The fraction of sp³-hybridized carbons (Fsp3) is 0.176. The van der Waals surface area contributed by atoms with Crippen LogP contribution in [0.4, 0.5) is 5.13 Å². The summed E-state index contributed by atoms with van der Waals surface area (Å²) in [6.07, 6.45) is 0.417. The molecule has 0 aliphatic heterocycles. The molecule has 0 spiro atoms. The molecule has 0 aliphatic rings. The average Bonchev–Trinajstić information content (AvgIpc) is 2.95. The van der Waals surface area contributed by atoms with Gasteiger partial charge >= 0.3 is 5.97 Å². The lowest BCUT2D eigenvalue weighted by Gasteiger charge is -2.12. The zero-order valence-corrected chi connectivity index (χ0v) is 15.0. The van der Waals surface area contributed by atoms with Crippen LogP contribution in [-0.2, 0) is 9.53 Å². The number of benzene rings is 1. The third-order valence-corrected chi connectivity index (χ3v) is 4.53. The normalized spacial score (nSPS) is 12.0. The van der Waals surface area contributed by atoms with Crippen molar-refractivity contribution < 1.29 is 14.3 Å². The molecule has 1 atom stereocenters. The number of pyridine rings is 1. The molecule has 2 aromatic heterocycles. The highest BCUT2D eigenvalue weighted by Gasteiger charge is 2.20. The van der Waals surface area contributed by atoms with Crippen molar-refractivity contribution in [1.29, 1.82) is 0 Å². The molecule has 3 aromatic rings. The second kappa shape index (κ2) is 7.16. The second-order valence-electron chi connectivity index (χ2n) is 5.39. The predicted molar refractivity (Wildman–Crippen MR) is 97.1 cm³/mol. The minimum Gasteiger partial charge on any atom is -0.449 e. The fourth-order valence-electron chi connectivity index (χ4n) is 2.10. The number of amides is 1. The van der Waals surface area contributed by atoms with E-state index in [9.17, 15) is 9.59 Å². The van der Waals surface area contributed by atoms with E-state index in [1.54, 1.807) is 0 Å². The first kappa shape index (κ1) is 17.3. The highest BCUT2D eigenvalue weighted by atomic mass is 35.5. The van der Waals surface area contributed by atoms with Crippen LogP contribution in [0.15, 0.2) is 36.5 Å². The smallest absolute Gasteiger partial charge is 0.339 e. The van der Waals surface area contributed by atoms with Gasteiger partial charge in [0.1, 0.15) is 5.15 Å². The first-order chi connectivity index (χ1) is 11.9. The summed E-state index contributed by atoms with van der Waals surface area (Å²) >= 11 is 7.11. The van der Waals surface area contributed by atoms with E-state index in [0.29, 0.717) is 5.13 Å². The van der Waals surface area contributed by atoms with Crippen molar-refractivity contribution in [2.45, 2.75) is 20.0 Å². The van der Waals surface area contributed by atoms with Gasteiger partial charge in [0, 0.05) is 6.20 Å². The first-order valence-corrected chi connectivity index (χ1v) is 8.62. The average molecular weight is 376 g/mol. The van der Waals surface area contributed by atoms with Gasteiger partial charge < -0.3 is 4.74 Å². The van der Waals surface area contributed by atoms with Crippen molar-refractivity contribution in [2.75, 3.05) is 5.32 Å². The molecule has 1 amide bonds. The number of rotatable bonds is 4. The number of aromatic nitrogens is 2. The number of halogens is 1. The summed E-state index contributed by atoms with van der Waals surface area (Å²) in [5, 5.41) is 3.31. The van der Waals surface area contributed by atoms with Gasteiger partial charge in [0.15, 0.2) is 11.2 Å². The minimum absolute atomic E-state index is 0.177. The Bertz CT molecular complexity index is 957. The number of nitrogens with one attached hydrogen (secondary N) is 1. The van der Waals surface area contributed by atoms with Gasteiger partial charge in [-0.2, -0.15) is 0 Å². The summed E-state index contributed by atoms with van der Waals surface area (Å²) in [7, 11) is 0. The van der Waals surface area contributed by atoms with Gasteiger partial charge in [-0.15, -0.1) is 0 Å². The molecule has 0 fully saturated rings. The summed E-state index contributed by atoms with van der Waals surface area (Å²) in [5.74, 6) is -1.10. The number of fused-ring (bicyclic) bond motifs is 1. The zero-order valence-electron chi connectivity index (χ0n) is 13.4. The van der Waals surface area contributed by atoms with Crippen LogP contribution < -0.4 is 5.32 Å². The van der Waals surface area contributed by atoms with Crippen LogP contribution in [0.2, 0.25) is 5.15 Å². The fourth-order valence-corrected chi connectivity index (χ4v) is 3.24. The Hall–Kier alpha value is -2.51. The Morgan fingerprint density at radius 1 is 1.28 bits per heavy atom. The summed E-state index contributed by atoms with van der Waals surface area (Å²) < 4.78 is 6.14. The van der Waals surface area contributed by atoms with Crippen LogP contribution >= 0.6 is 22.9 Å². The number of hydrogen-bond donors (Lipinski definition) is 1. The van der Waals surface area contributed by atoms with E-state index in [2.05, 4.69) is 15.3 Å². The SMILES string of the molecule is Cc1ccc2nc(NC(=O)C(C)OC(=O)c3ccnc(Cl)c3)sc2c1. The number of esters is 1. The van der Waals surface area contributed by atoms with Gasteiger partial charge in [-0.3, -0.25) is 10.1 Å². The van der Waals surface area contributed by atoms with Crippen molar-refractivity contribution in [2.24, 2.45) is 0 Å². The lowest BCUT2D eigenvalue weighted by Crippen LogP contribution is -2.29. The minimum atomic E-state index is -0.979. The number of ether oxygens (including phenoxy) is 1. The maximum atomic E-state index is 12.2. The Morgan fingerprint density at radius 2 is 2.08 bits per heavy atom. The maximum absolute atomic E-state index is 12.2. The Labute approximate surface area is 152 Å². The monoisotopic (exact) mass is 375 g/mol. The van der Waals surface area contributed by atoms with Gasteiger partial charge in [0.25, 0.3) is 5.91 Å². The molecule has 2 heterocycles. The number of thiazole rings is 1. The quantitative estimate of drug-likeness (QED) is 0.553. The largest absolute Gasteiger partial charge is 0.449 e. The van der Waals surface area contributed by atoms with Gasteiger partial charge in [-0.25, -0.2) is 14.8 Å².